The minimum Gasteiger partial charge on any atom is -0.398 e. The zero-order valence-electron chi connectivity index (χ0n) is 11.1. The molecule has 5 nitrogen and oxygen atoms in total. The number of hydrogen-bond donors (Lipinski definition) is 1. The third kappa shape index (κ3) is 2.42. The number of amides is 1. The van der Waals surface area contributed by atoms with Crippen LogP contribution in [0.1, 0.15) is 29.6 Å². The van der Waals surface area contributed by atoms with E-state index in [4.69, 9.17) is 5.73 Å². The van der Waals surface area contributed by atoms with Gasteiger partial charge in [0.2, 0.25) is 0 Å². The third-order valence-corrected chi connectivity index (χ3v) is 4.21. The van der Waals surface area contributed by atoms with Crippen LogP contribution in [0, 0.1) is 0 Å². The summed E-state index contributed by atoms with van der Waals surface area (Å²) < 4.78 is 0. The Kier molecular flexibility index (Phi) is 3.38. The molecule has 0 aromatic carbocycles. The van der Waals surface area contributed by atoms with Crippen molar-refractivity contribution in [3.63, 3.8) is 0 Å². The van der Waals surface area contributed by atoms with Crippen LogP contribution in [-0.2, 0) is 0 Å². The first kappa shape index (κ1) is 12.4. The Morgan fingerprint density at radius 1 is 1.32 bits per heavy atom. The van der Waals surface area contributed by atoms with Crippen molar-refractivity contribution >= 4 is 11.6 Å². The molecule has 102 valence electrons. The summed E-state index contributed by atoms with van der Waals surface area (Å²) in [5.74, 6) is 0.0239. The number of nitrogen functional groups attached to an aromatic ring is 1. The van der Waals surface area contributed by atoms with Crippen molar-refractivity contribution in [3.05, 3.63) is 24.0 Å². The van der Waals surface area contributed by atoms with Crippen LogP contribution in [0.4, 0.5) is 5.69 Å². The van der Waals surface area contributed by atoms with E-state index in [0.29, 0.717) is 17.3 Å². The molecule has 0 radical (unpaired) electrons. The number of hydrogen-bond acceptors (Lipinski definition) is 4. The number of rotatable bonds is 1. The first-order valence-electron chi connectivity index (χ1n) is 6.98. The maximum atomic E-state index is 12.5. The Hall–Kier alpha value is -1.62. The van der Waals surface area contributed by atoms with Crippen molar-refractivity contribution in [3.8, 4) is 0 Å². The predicted octanol–water partition coefficient (Wildman–Crippen LogP) is 0.974. The van der Waals surface area contributed by atoms with E-state index >= 15 is 0 Å². The van der Waals surface area contributed by atoms with Crippen LogP contribution in [0.2, 0.25) is 0 Å². The van der Waals surface area contributed by atoms with Crippen molar-refractivity contribution in [2.24, 2.45) is 0 Å². The lowest BCUT2D eigenvalue weighted by molar-refractivity contribution is 0.0373. The van der Waals surface area contributed by atoms with Crippen molar-refractivity contribution < 1.29 is 4.79 Å². The number of carbonyl (C=O) groups is 1. The molecule has 2 N–H and O–H groups in total. The number of nitrogens with two attached hydrogens (primary N) is 1. The topological polar surface area (TPSA) is 62.5 Å². The monoisotopic (exact) mass is 260 g/mol. The van der Waals surface area contributed by atoms with E-state index in [1.165, 1.54) is 25.8 Å². The van der Waals surface area contributed by atoms with Crippen molar-refractivity contribution in [2.75, 3.05) is 31.9 Å². The largest absolute Gasteiger partial charge is 0.398 e. The number of carbonyl (C=O) groups excluding carboxylic acids is 1. The van der Waals surface area contributed by atoms with E-state index < -0.39 is 0 Å². The van der Waals surface area contributed by atoms with Crippen LogP contribution in [0.5, 0.6) is 0 Å². The second-order valence-corrected chi connectivity index (χ2v) is 5.40. The summed E-state index contributed by atoms with van der Waals surface area (Å²) in [7, 11) is 0. The number of aromatic nitrogens is 1. The fourth-order valence-corrected chi connectivity index (χ4v) is 3.09. The summed E-state index contributed by atoms with van der Waals surface area (Å²) in [6, 6.07) is 2.22. The molecule has 3 heterocycles. The summed E-state index contributed by atoms with van der Waals surface area (Å²) in [5.41, 5.74) is 6.92. The number of piperidine rings is 1. The Labute approximate surface area is 113 Å². The van der Waals surface area contributed by atoms with E-state index in [9.17, 15) is 4.79 Å². The van der Waals surface area contributed by atoms with Gasteiger partial charge in [-0.05, 0) is 25.5 Å². The summed E-state index contributed by atoms with van der Waals surface area (Å²) in [6.45, 7) is 3.79. The second kappa shape index (κ2) is 5.17. The van der Waals surface area contributed by atoms with E-state index in [2.05, 4.69) is 9.88 Å². The standard InChI is InChI=1S/C14H20N4O/c15-13-4-5-16-9-12(13)14(19)18-8-7-17-6-2-1-3-11(17)10-18/h4-5,9,11H,1-3,6-8,10H2,(H2,15,16)/t11-/m0/s1. The molecule has 0 spiro atoms. The van der Waals surface area contributed by atoms with Gasteiger partial charge in [0.1, 0.15) is 0 Å². The van der Waals surface area contributed by atoms with Crippen LogP contribution in [-0.4, -0.2) is 52.9 Å². The van der Waals surface area contributed by atoms with Gasteiger partial charge in [0.25, 0.3) is 5.91 Å². The Morgan fingerprint density at radius 3 is 3.05 bits per heavy atom. The van der Waals surface area contributed by atoms with Crippen molar-refractivity contribution in [1.82, 2.24) is 14.8 Å². The number of fused-ring (bicyclic) bond motifs is 1. The molecule has 1 aromatic heterocycles. The van der Waals surface area contributed by atoms with Crippen LogP contribution in [0.15, 0.2) is 18.5 Å². The molecular weight excluding hydrogens is 240 g/mol. The molecule has 2 aliphatic rings. The van der Waals surface area contributed by atoms with Gasteiger partial charge in [-0.15, -0.1) is 0 Å². The van der Waals surface area contributed by atoms with Crippen LogP contribution < -0.4 is 5.73 Å². The first-order chi connectivity index (χ1) is 9.25. The predicted molar refractivity (Wildman–Crippen MR) is 73.8 cm³/mol. The lowest BCUT2D eigenvalue weighted by Crippen LogP contribution is -2.56. The smallest absolute Gasteiger partial charge is 0.257 e. The Balaban J connectivity index is 1.73. The maximum absolute atomic E-state index is 12.5. The van der Waals surface area contributed by atoms with Crippen molar-refractivity contribution in [2.45, 2.75) is 25.3 Å². The molecule has 5 heteroatoms. The highest BCUT2D eigenvalue weighted by atomic mass is 16.2. The van der Waals surface area contributed by atoms with Gasteiger partial charge in [-0.1, -0.05) is 6.42 Å². The van der Waals surface area contributed by atoms with E-state index in [0.717, 1.165) is 19.6 Å². The average Bonchev–Trinajstić information content (AvgIpc) is 2.46. The molecule has 1 amide bonds. The normalized spacial score (nSPS) is 24.0. The summed E-state index contributed by atoms with van der Waals surface area (Å²) >= 11 is 0. The minimum absolute atomic E-state index is 0.0239. The van der Waals surface area contributed by atoms with E-state index in [1.54, 1.807) is 18.5 Å². The minimum atomic E-state index is 0.0239. The molecule has 1 aromatic rings. The quantitative estimate of drug-likeness (QED) is 0.817. The van der Waals surface area contributed by atoms with Gasteiger partial charge < -0.3 is 10.6 Å². The lowest BCUT2D eigenvalue weighted by atomic mass is 9.99. The zero-order chi connectivity index (χ0) is 13.2. The van der Waals surface area contributed by atoms with Gasteiger partial charge in [-0.3, -0.25) is 14.7 Å². The number of nitrogens with zero attached hydrogens (tertiary/aromatic N) is 3. The molecule has 0 bridgehead atoms. The SMILES string of the molecule is Nc1ccncc1C(=O)N1CCN2CCCC[C@H]2C1. The molecule has 2 aliphatic heterocycles. The van der Waals surface area contributed by atoms with Crippen LogP contribution in [0.3, 0.4) is 0 Å². The van der Waals surface area contributed by atoms with E-state index in [-0.39, 0.29) is 5.91 Å². The summed E-state index contributed by atoms with van der Waals surface area (Å²) in [4.78, 5) is 20.9. The maximum Gasteiger partial charge on any atom is 0.257 e. The first-order valence-corrected chi connectivity index (χ1v) is 6.98. The molecule has 2 saturated heterocycles. The highest BCUT2D eigenvalue weighted by molar-refractivity contribution is 5.98. The molecular formula is C14H20N4O. The fourth-order valence-electron chi connectivity index (χ4n) is 3.09. The molecule has 0 aliphatic carbocycles. The number of piperazine rings is 1. The summed E-state index contributed by atoms with van der Waals surface area (Å²) in [5, 5.41) is 0. The zero-order valence-corrected chi connectivity index (χ0v) is 11.1. The highest BCUT2D eigenvalue weighted by Crippen LogP contribution is 2.22. The second-order valence-electron chi connectivity index (χ2n) is 5.40. The van der Waals surface area contributed by atoms with Crippen LogP contribution >= 0.6 is 0 Å². The van der Waals surface area contributed by atoms with E-state index in [1.807, 2.05) is 4.90 Å². The molecule has 19 heavy (non-hydrogen) atoms. The number of pyridine rings is 1. The van der Waals surface area contributed by atoms with Crippen LogP contribution in [0.25, 0.3) is 0 Å². The fraction of sp³-hybridized carbons (Fsp3) is 0.571. The molecule has 0 saturated carbocycles. The van der Waals surface area contributed by atoms with Gasteiger partial charge >= 0.3 is 0 Å². The Morgan fingerprint density at radius 2 is 2.21 bits per heavy atom. The molecule has 1 atom stereocenters. The number of anilines is 1. The summed E-state index contributed by atoms with van der Waals surface area (Å²) in [6.07, 6.45) is 6.96. The van der Waals surface area contributed by atoms with Gasteiger partial charge in [-0.2, -0.15) is 0 Å². The van der Waals surface area contributed by atoms with Crippen molar-refractivity contribution in [1.29, 1.82) is 0 Å². The van der Waals surface area contributed by atoms with Gasteiger partial charge in [0.05, 0.1) is 5.56 Å². The third-order valence-electron chi connectivity index (χ3n) is 4.21. The van der Waals surface area contributed by atoms with Gasteiger partial charge in [-0.25, -0.2) is 0 Å². The van der Waals surface area contributed by atoms with Gasteiger partial charge in [0, 0.05) is 43.8 Å². The lowest BCUT2D eigenvalue weighted by Gasteiger charge is -2.44. The molecule has 0 unspecified atom stereocenters. The molecule has 3 rings (SSSR count). The average molecular weight is 260 g/mol. The van der Waals surface area contributed by atoms with Gasteiger partial charge in [0.15, 0.2) is 0 Å². The highest BCUT2D eigenvalue weighted by Gasteiger charge is 2.31. The Bertz CT molecular complexity index is 476. The molecule has 2 fully saturated rings.